The van der Waals surface area contributed by atoms with Crippen molar-refractivity contribution in [1.82, 2.24) is 0 Å². The Balaban J connectivity index is 3.58. The summed E-state index contributed by atoms with van der Waals surface area (Å²) in [7, 11) is 0. The standard InChI is InChI=1S/C6H12Cl2O2S/c7-1-5(3-9)11-6(2-8)4-10/h5-6,9-10H,1-4H2. The minimum Gasteiger partial charge on any atom is -0.395 e. The molecule has 5 heteroatoms. The van der Waals surface area contributed by atoms with Crippen LogP contribution in [-0.4, -0.2) is 45.7 Å². The molecule has 2 N–H and O–H groups in total. The van der Waals surface area contributed by atoms with E-state index < -0.39 is 0 Å². The van der Waals surface area contributed by atoms with Gasteiger partial charge in [-0.2, -0.15) is 0 Å². The number of alkyl halides is 2. The van der Waals surface area contributed by atoms with Gasteiger partial charge in [0.2, 0.25) is 0 Å². The van der Waals surface area contributed by atoms with Crippen LogP contribution in [0, 0.1) is 0 Å². The zero-order valence-electron chi connectivity index (χ0n) is 6.04. The van der Waals surface area contributed by atoms with Gasteiger partial charge < -0.3 is 10.2 Å². The van der Waals surface area contributed by atoms with Crippen molar-refractivity contribution in [2.24, 2.45) is 0 Å². The summed E-state index contributed by atoms with van der Waals surface area (Å²) in [6.07, 6.45) is 0. The van der Waals surface area contributed by atoms with E-state index in [1.54, 1.807) is 0 Å². The van der Waals surface area contributed by atoms with Gasteiger partial charge in [0.15, 0.2) is 0 Å². The lowest BCUT2D eigenvalue weighted by Crippen LogP contribution is -2.20. The zero-order chi connectivity index (χ0) is 8.69. The van der Waals surface area contributed by atoms with Crippen molar-refractivity contribution >= 4 is 35.0 Å². The molecule has 0 aromatic carbocycles. The van der Waals surface area contributed by atoms with E-state index in [4.69, 9.17) is 33.4 Å². The molecule has 0 bridgehead atoms. The van der Waals surface area contributed by atoms with Crippen molar-refractivity contribution in [1.29, 1.82) is 0 Å². The van der Waals surface area contributed by atoms with Crippen LogP contribution in [0.15, 0.2) is 0 Å². The Hall–Kier alpha value is 0.850. The first-order valence-electron chi connectivity index (χ1n) is 3.27. The zero-order valence-corrected chi connectivity index (χ0v) is 8.37. The van der Waals surface area contributed by atoms with Crippen molar-refractivity contribution in [2.75, 3.05) is 25.0 Å². The summed E-state index contributed by atoms with van der Waals surface area (Å²) in [4.78, 5) is 0. The molecule has 0 radical (unpaired) electrons. The Morgan fingerprint density at radius 3 is 1.55 bits per heavy atom. The van der Waals surface area contributed by atoms with Gasteiger partial charge in [-0.3, -0.25) is 0 Å². The maximum Gasteiger partial charge on any atom is 0.0561 e. The minimum absolute atomic E-state index is 0.0208. The molecule has 0 amide bonds. The van der Waals surface area contributed by atoms with Crippen LogP contribution in [0.2, 0.25) is 0 Å². The molecule has 0 aliphatic carbocycles. The molecule has 2 atom stereocenters. The normalized spacial score (nSPS) is 16.4. The van der Waals surface area contributed by atoms with Crippen LogP contribution < -0.4 is 0 Å². The first-order valence-corrected chi connectivity index (χ1v) is 5.28. The molecule has 0 aliphatic rings. The van der Waals surface area contributed by atoms with Crippen molar-refractivity contribution in [3.05, 3.63) is 0 Å². The molecular weight excluding hydrogens is 207 g/mol. The number of hydrogen-bond donors (Lipinski definition) is 2. The van der Waals surface area contributed by atoms with Crippen molar-refractivity contribution in [3.8, 4) is 0 Å². The SMILES string of the molecule is OCC(CCl)SC(CO)CCl. The molecule has 2 nitrogen and oxygen atoms in total. The first-order chi connectivity index (χ1) is 5.28. The van der Waals surface area contributed by atoms with Gasteiger partial charge in [-0.1, -0.05) is 0 Å². The average molecular weight is 219 g/mol. The summed E-state index contributed by atoms with van der Waals surface area (Å²) in [5.41, 5.74) is 0. The van der Waals surface area contributed by atoms with Crippen LogP contribution >= 0.6 is 35.0 Å². The third-order valence-corrected chi connectivity index (χ3v) is 3.65. The molecule has 0 aliphatic heterocycles. The van der Waals surface area contributed by atoms with E-state index in [-0.39, 0.29) is 23.7 Å². The van der Waals surface area contributed by atoms with Gasteiger partial charge in [-0.25, -0.2) is 0 Å². The Kier molecular flexibility index (Phi) is 8.08. The molecule has 0 aromatic heterocycles. The number of thioether (sulfide) groups is 1. The highest BCUT2D eigenvalue weighted by atomic mass is 35.5. The third-order valence-electron chi connectivity index (χ3n) is 1.14. The summed E-state index contributed by atoms with van der Waals surface area (Å²) >= 11 is 12.5. The average Bonchev–Trinajstić information content (AvgIpc) is 2.07. The van der Waals surface area contributed by atoms with E-state index >= 15 is 0 Å². The lowest BCUT2D eigenvalue weighted by Gasteiger charge is -2.15. The van der Waals surface area contributed by atoms with Crippen molar-refractivity contribution in [3.63, 3.8) is 0 Å². The van der Waals surface area contributed by atoms with Crippen LogP contribution in [-0.2, 0) is 0 Å². The molecule has 0 rings (SSSR count). The fraction of sp³-hybridized carbons (Fsp3) is 1.00. The fourth-order valence-electron chi connectivity index (χ4n) is 0.529. The second-order valence-corrected chi connectivity index (χ2v) is 4.28. The van der Waals surface area contributed by atoms with Gasteiger partial charge in [-0.15, -0.1) is 35.0 Å². The minimum atomic E-state index is -0.0208. The molecule has 0 heterocycles. The summed E-state index contributed by atoms with van der Waals surface area (Å²) in [5.74, 6) is 0.767. The maximum atomic E-state index is 8.74. The van der Waals surface area contributed by atoms with Gasteiger partial charge >= 0.3 is 0 Å². The highest BCUT2D eigenvalue weighted by Crippen LogP contribution is 2.19. The van der Waals surface area contributed by atoms with Gasteiger partial charge in [0.05, 0.1) is 13.2 Å². The van der Waals surface area contributed by atoms with Crippen LogP contribution in [0.4, 0.5) is 0 Å². The quantitative estimate of drug-likeness (QED) is 0.652. The topological polar surface area (TPSA) is 40.5 Å². The molecule has 0 saturated carbocycles. The third kappa shape index (κ3) is 5.15. The van der Waals surface area contributed by atoms with E-state index in [0.29, 0.717) is 11.8 Å². The number of halogens is 2. The van der Waals surface area contributed by atoms with E-state index in [1.807, 2.05) is 0 Å². The molecule has 68 valence electrons. The van der Waals surface area contributed by atoms with Gasteiger partial charge in [0.1, 0.15) is 0 Å². The summed E-state index contributed by atoms with van der Waals surface area (Å²) < 4.78 is 0. The highest BCUT2D eigenvalue weighted by Gasteiger charge is 2.13. The smallest absolute Gasteiger partial charge is 0.0561 e. The van der Waals surface area contributed by atoms with E-state index in [0.717, 1.165) is 0 Å². The fourth-order valence-corrected chi connectivity index (χ4v) is 2.02. The van der Waals surface area contributed by atoms with Crippen LogP contribution in [0.3, 0.4) is 0 Å². The van der Waals surface area contributed by atoms with Gasteiger partial charge in [-0.05, 0) is 0 Å². The molecule has 0 fully saturated rings. The predicted octanol–water partition coefficient (Wildman–Crippen LogP) is 0.919. The predicted molar refractivity (Wildman–Crippen MR) is 50.8 cm³/mol. The largest absolute Gasteiger partial charge is 0.395 e. The van der Waals surface area contributed by atoms with E-state index in [9.17, 15) is 0 Å². The van der Waals surface area contributed by atoms with Crippen molar-refractivity contribution < 1.29 is 10.2 Å². The highest BCUT2D eigenvalue weighted by molar-refractivity contribution is 8.00. The van der Waals surface area contributed by atoms with Crippen molar-refractivity contribution in [2.45, 2.75) is 10.5 Å². The van der Waals surface area contributed by atoms with Gasteiger partial charge in [0.25, 0.3) is 0 Å². The number of hydrogen-bond acceptors (Lipinski definition) is 3. The molecule has 0 saturated heterocycles. The molecule has 0 spiro atoms. The molecule has 11 heavy (non-hydrogen) atoms. The number of aliphatic hydroxyl groups excluding tert-OH is 2. The Bertz CT molecular complexity index is 76.7. The maximum absolute atomic E-state index is 8.74. The van der Waals surface area contributed by atoms with E-state index in [2.05, 4.69) is 0 Å². The molecule has 0 aromatic rings. The first kappa shape index (κ1) is 11.8. The van der Waals surface area contributed by atoms with Crippen LogP contribution in [0.25, 0.3) is 0 Å². The second-order valence-electron chi connectivity index (χ2n) is 2.05. The molecule has 2 unspecified atom stereocenters. The van der Waals surface area contributed by atoms with E-state index in [1.165, 1.54) is 11.8 Å². The molecular formula is C6H12Cl2O2S. The number of aliphatic hydroxyl groups is 2. The monoisotopic (exact) mass is 218 g/mol. The Morgan fingerprint density at radius 1 is 1.00 bits per heavy atom. The summed E-state index contributed by atoms with van der Waals surface area (Å²) in [6, 6.07) is 0. The van der Waals surface area contributed by atoms with Crippen LogP contribution in [0.5, 0.6) is 0 Å². The Morgan fingerprint density at radius 2 is 1.36 bits per heavy atom. The Labute approximate surface area is 80.9 Å². The summed E-state index contributed by atoms with van der Waals surface area (Å²) in [6.45, 7) is 0.0586. The van der Waals surface area contributed by atoms with Crippen LogP contribution in [0.1, 0.15) is 0 Å². The number of rotatable bonds is 6. The second kappa shape index (κ2) is 7.50. The van der Waals surface area contributed by atoms with Gasteiger partial charge in [0, 0.05) is 22.3 Å². The summed E-state index contributed by atoms with van der Waals surface area (Å²) in [5, 5.41) is 17.4. The lowest BCUT2D eigenvalue weighted by molar-refractivity contribution is 0.293. The lowest BCUT2D eigenvalue weighted by atomic mass is 10.5.